The minimum Gasteiger partial charge on any atom is -0.396 e. The molecule has 0 saturated heterocycles. The molecule has 32 heavy (non-hydrogen) atoms. The average molecular weight is 443 g/mol. The molecule has 0 aliphatic heterocycles. The predicted molar refractivity (Wildman–Crippen MR) is 129 cm³/mol. The van der Waals surface area contributed by atoms with Gasteiger partial charge in [0, 0.05) is 25.6 Å². The lowest BCUT2D eigenvalue weighted by atomic mass is 9.49. The highest BCUT2D eigenvalue weighted by Crippen LogP contribution is 2.64. The third-order valence-electron chi connectivity index (χ3n) is 10.3. The van der Waals surface area contributed by atoms with Crippen molar-refractivity contribution in [2.24, 2.45) is 46.3 Å². The van der Waals surface area contributed by atoms with Crippen LogP contribution in [0, 0.1) is 46.3 Å². The van der Waals surface area contributed by atoms with E-state index in [0.29, 0.717) is 23.2 Å². The summed E-state index contributed by atoms with van der Waals surface area (Å²) in [5, 5.41) is 21.1. The molecule has 0 unspecified atom stereocenters. The van der Waals surface area contributed by atoms with Gasteiger partial charge in [0.25, 0.3) is 0 Å². The van der Waals surface area contributed by atoms with E-state index in [0.717, 1.165) is 36.1 Å². The van der Waals surface area contributed by atoms with E-state index in [1.165, 1.54) is 51.4 Å². The van der Waals surface area contributed by atoms with Crippen molar-refractivity contribution in [3.63, 3.8) is 0 Å². The quantitative estimate of drug-likeness (QED) is 0.525. The van der Waals surface area contributed by atoms with Gasteiger partial charge >= 0.3 is 0 Å². The lowest BCUT2D eigenvalue weighted by molar-refractivity contribution is -0.0906. The Kier molecular flexibility index (Phi) is 7.32. The predicted octanol–water partition coefficient (Wildman–Crippen LogP) is 5.46. The Bertz CT molecular complexity index is 768. The Labute approximate surface area is 195 Å². The van der Waals surface area contributed by atoms with E-state index < -0.39 is 0 Å². The summed E-state index contributed by atoms with van der Waals surface area (Å²) >= 11 is 0. The van der Waals surface area contributed by atoms with Crippen LogP contribution < -0.4 is 0 Å². The molecule has 0 spiro atoms. The van der Waals surface area contributed by atoms with Gasteiger partial charge < -0.3 is 10.2 Å². The molecule has 0 amide bonds. The van der Waals surface area contributed by atoms with E-state index in [4.69, 9.17) is 0 Å². The molecule has 2 N–H and O–H groups in total. The van der Waals surface area contributed by atoms with Crippen LogP contribution in [-0.4, -0.2) is 33.4 Å². The van der Waals surface area contributed by atoms with E-state index in [1.54, 1.807) is 12.4 Å². The van der Waals surface area contributed by atoms with Gasteiger partial charge in [0.15, 0.2) is 0 Å². The lowest BCUT2D eigenvalue weighted by Gasteiger charge is -2.56. The summed E-state index contributed by atoms with van der Waals surface area (Å²) in [6.07, 6.45) is 15.7. The maximum Gasteiger partial charge on any atom is 0.0624 e. The highest BCUT2D eigenvalue weighted by molar-refractivity contribution is 5.21. The topological polar surface area (TPSA) is 66.2 Å². The van der Waals surface area contributed by atoms with E-state index in [1.807, 2.05) is 0 Å². The van der Waals surface area contributed by atoms with Crippen molar-refractivity contribution in [2.45, 2.75) is 91.9 Å². The molecule has 7 atom stereocenters. The van der Waals surface area contributed by atoms with Crippen LogP contribution in [0.4, 0.5) is 0 Å². The molecular formula is C28H46N2O2. The first-order valence-corrected chi connectivity index (χ1v) is 13.3. The molecule has 0 bridgehead atoms. The van der Waals surface area contributed by atoms with Crippen molar-refractivity contribution in [3.8, 4) is 0 Å². The second-order valence-corrected chi connectivity index (χ2v) is 12.3. The molecule has 3 aliphatic rings. The van der Waals surface area contributed by atoms with E-state index in [2.05, 4.69) is 37.7 Å². The first-order valence-electron chi connectivity index (χ1n) is 13.3. The third-order valence-corrected chi connectivity index (χ3v) is 10.3. The van der Waals surface area contributed by atoms with Crippen molar-refractivity contribution < 1.29 is 10.2 Å². The van der Waals surface area contributed by atoms with Crippen molar-refractivity contribution in [3.05, 3.63) is 23.8 Å². The van der Waals surface area contributed by atoms with Crippen LogP contribution in [0.2, 0.25) is 0 Å². The number of aliphatic hydroxyl groups excluding tert-OH is 2. The van der Waals surface area contributed by atoms with Gasteiger partial charge in [-0.05, 0) is 91.3 Å². The van der Waals surface area contributed by atoms with Gasteiger partial charge in [-0.3, -0.25) is 9.97 Å². The summed E-state index contributed by atoms with van der Waals surface area (Å²) in [6, 6.07) is 0. The number of hydrogen-bond acceptors (Lipinski definition) is 4. The van der Waals surface area contributed by atoms with Gasteiger partial charge in [0.1, 0.15) is 0 Å². The first-order chi connectivity index (χ1) is 15.3. The zero-order chi connectivity index (χ0) is 22.9. The highest BCUT2D eigenvalue weighted by Gasteiger charge is 2.58. The number of aromatic nitrogens is 2. The van der Waals surface area contributed by atoms with Crippen molar-refractivity contribution in [1.29, 1.82) is 0 Å². The fourth-order valence-corrected chi connectivity index (χ4v) is 8.28. The van der Waals surface area contributed by atoms with Crippen molar-refractivity contribution in [2.75, 3.05) is 13.2 Å². The van der Waals surface area contributed by atoms with Crippen LogP contribution >= 0.6 is 0 Å². The Morgan fingerprint density at radius 2 is 1.62 bits per heavy atom. The highest BCUT2D eigenvalue weighted by atomic mass is 16.3. The van der Waals surface area contributed by atoms with E-state index in [9.17, 15) is 10.2 Å². The van der Waals surface area contributed by atoms with E-state index >= 15 is 0 Å². The van der Waals surface area contributed by atoms with Gasteiger partial charge in [0.2, 0.25) is 0 Å². The molecule has 4 nitrogen and oxygen atoms in total. The summed E-state index contributed by atoms with van der Waals surface area (Å²) in [7, 11) is 0. The Morgan fingerprint density at radius 1 is 0.906 bits per heavy atom. The number of rotatable bonds is 8. The van der Waals surface area contributed by atoms with E-state index in [-0.39, 0.29) is 24.5 Å². The van der Waals surface area contributed by atoms with Crippen LogP contribution in [0.1, 0.15) is 90.4 Å². The van der Waals surface area contributed by atoms with Gasteiger partial charge in [0.05, 0.1) is 11.4 Å². The minimum absolute atomic E-state index is 0.0259. The van der Waals surface area contributed by atoms with Gasteiger partial charge in [-0.1, -0.05) is 47.0 Å². The largest absolute Gasteiger partial charge is 0.396 e. The summed E-state index contributed by atoms with van der Waals surface area (Å²) < 4.78 is 0. The molecule has 180 valence electrons. The van der Waals surface area contributed by atoms with Gasteiger partial charge in [-0.15, -0.1) is 0 Å². The Balaban J connectivity index is 1.52. The Morgan fingerprint density at radius 3 is 2.31 bits per heavy atom. The van der Waals surface area contributed by atoms with Crippen LogP contribution in [0.15, 0.2) is 12.4 Å². The maximum atomic E-state index is 10.7. The smallest absolute Gasteiger partial charge is 0.0624 e. The van der Waals surface area contributed by atoms with Crippen LogP contribution in [-0.2, 0) is 12.8 Å². The second kappa shape index (κ2) is 9.70. The Hall–Kier alpha value is -1.00. The minimum atomic E-state index is -0.0259. The number of nitrogens with zero attached hydrogens (tertiary/aromatic N) is 2. The fraction of sp³-hybridized carbons (Fsp3) is 0.857. The molecule has 2 saturated carbocycles. The standard InChI is InChI=1S/C28H46N2O2/c1-19(2)7-5-6-8-20-9-10-23-22(18-32)24(11-12-27(20,23)3)28(4)16-26-25(15-21(28)17-31)29-13-14-30-26/h13-14,19-24,31-32H,5-12,15-18H2,1-4H3/t20-,21+,22-,23-,24-,27+,28-/m0/s1. The number of hydrogen-bond donors (Lipinski definition) is 2. The number of fused-ring (bicyclic) bond motifs is 2. The molecule has 0 aromatic carbocycles. The van der Waals surface area contributed by atoms with Crippen molar-refractivity contribution >= 4 is 0 Å². The molecule has 4 heteroatoms. The molecule has 1 aromatic rings. The molecule has 2 fully saturated rings. The molecule has 4 rings (SSSR count). The summed E-state index contributed by atoms with van der Waals surface area (Å²) in [6.45, 7) is 10.1. The van der Waals surface area contributed by atoms with Crippen molar-refractivity contribution in [1.82, 2.24) is 9.97 Å². The monoisotopic (exact) mass is 442 g/mol. The summed E-state index contributed by atoms with van der Waals surface area (Å²) in [5.74, 6) is 3.21. The molecular weight excluding hydrogens is 396 g/mol. The number of unbranched alkanes of at least 4 members (excludes halogenated alkanes) is 1. The summed E-state index contributed by atoms with van der Waals surface area (Å²) in [5.41, 5.74) is 2.52. The lowest BCUT2D eigenvalue weighted by Crippen LogP contribution is -2.53. The van der Waals surface area contributed by atoms with Crippen LogP contribution in [0.25, 0.3) is 0 Å². The van der Waals surface area contributed by atoms with Gasteiger partial charge in [-0.25, -0.2) is 0 Å². The fourth-order valence-electron chi connectivity index (χ4n) is 8.28. The normalized spacial score (nSPS) is 39.2. The summed E-state index contributed by atoms with van der Waals surface area (Å²) in [4.78, 5) is 9.23. The van der Waals surface area contributed by atoms with Gasteiger partial charge in [-0.2, -0.15) is 0 Å². The average Bonchev–Trinajstić information content (AvgIpc) is 3.11. The number of aliphatic hydroxyl groups is 2. The second-order valence-electron chi connectivity index (χ2n) is 12.3. The van der Waals surface area contributed by atoms with Crippen LogP contribution in [0.3, 0.4) is 0 Å². The first kappa shape index (κ1) is 24.1. The molecule has 1 aromatic heterocycles. The molecule has 3 aliphatic carbocycles. The third kappa shape index (κ3) is 4.27. The zero-order valence-electron chi connectivity index (χ0n) is 20.9. The molecule has 0 radical (unpaired) electrons. The SMILES string of the molecule is CC(C)CCCC[C@H]1CC[C@H]2[C@H](CO)[C@@H]([C@@]3(C)Cc4nccnc4C[C@@H]3CO)CC[C@]12C. The molecule has 1 heterocycles. The zero-order valence-corrected chi connectivity index (χ0v) is 20.9. The maximum absolute atomic E-state index is 10.7. The van der Waals surface area contributed by atoms with Crippen LogP contribution in [0.5, 0.6) is 0 Å².